The van der Waals surface area contributed by atoms with Crippen molar-refractivity contribution in [1.82, 2.24) is 9.97 Å². The molecule has 3 aromatic rings. The summed E-state index contributed by atoms with van der Waals surface area (Å²) in [5, 5.41) is 12.5. The van der Waals surface area contributed by atoms with Gasteiger partial charge in [0.15, 0.2) is 0 Å². The Kier molecular flexibility index (Phi) is 5.22. The van der Waals surface area contributed by atoms with Gasteiger partial charge in [0.25, 0.3) is 10.0 Å². The van der Waals surface area contributed by atoms with Crippen LogP contribution in [0.15, 0.2) is 64.7 Å². The molecule has 1 unspecified atom stereocenters. The van der Waals surface area contributed by atoms with Gasteiger partial charge >= 0.3 is 0 Å². The van der Waals surface area contributed by atoms with Crippen molar-refractivity contribution in [3.8, 4) is 6.07 Å². The van der Waals surface area contributed by atoms with E-state index in [-0.39, 0.29) is 38.6 Å². The number of aliphatic imine (C=N–C) groups is 1. The van der Waals surface area contributed by atoms with Crippen molar-refractivity contribution >= 4 is 50.5 Å². The Bertz CT molecular complexity index is 1340. The Morgan fingerprint density at radius 3 is 2.61 bits per heavy atom. The van der Waals surface area contributed by atoms with Gasteiger partial charge in [0.1, 0.15) is 40.3 Å². The van der Waals surface area contributed by atoms with E-state index < -0.39 is 16.1 Å². The molecule has 3 N–H and O–H groups in total. The van der Waals surface area contributed by atoms with E-state index in [0.29, 0.717) is 5.69 Å². The highest BCUT2D eigenvalue weighted by molar-refractivity contribution is 7.94. The summed E-state index contributed by atoms with van der Waals surface area (Å²) in [5.74, 6) is 0.372. The number of nitriles is 1. The van der Waals surface area contributed by atoms with E-state index >= 15 is 0 Å². The molecule has 2 aromatic carbocycles. The number of amidine groups is 1. The van der Waals surface area contributed by atoms with Crippen LogP contribution < -0.4 is 15.4 Å². The summed E-state index contributed by atoms with van der Waals surface area (Å²) in [6.07, 6.45) is 1.22. The molecule has 0 saturated heterocycles. The maximum absolute atomic E-state index is 13.6. The lowest BCUT2D eigenvalue weighted by atomic mass is 10.2. The van der Waals surface area contributed by atoms with Crippen LogP contribution in [0.4, 0.5) is 23.0 Å². The highest BCUT2D eigenvalue weighted by Gasteiger charge is 2.39. The van der Waals surface area contributed by atoms with E-state index in [1.165, 1.54) is 12.4 Å². The molecule has 0 amide bonds. The van der Waals surface area contributed by atoms with Crippen LogP contribution in [-0.2, 0) is 10.0 Å². The molecule has 0 fully saturated rings. The second-order valence-corrected chi connectivity index (χ2v) is 8.75. The first kappa shape index (κ1) is 20.6. The molecule has 1 aliphatic rings. The van der Waals surface area contributed by atoms with Gasteiger partial charge in [-0.3, -0.25) is 0 Å². The lowest BCUT2D eigenvalue weighted by Crippen LogP contribution is -2.47. The number of nitrogens with two attached hydrogens (primary N) is 1. The van der Waals surface area contributed by atoms with Crippen molar-refractivity contribution in [2.24, 2.45) is 4.99 Å². The number of para-hydroxylation sites is 1. The zero-order chi connectivity index (χ0) is 22.2. The number of aromatic nitrogens is 2. The van der Waals surface area contributed by atoms with Crippen LogP contribution in [0, 0.1) is 11.3 Å². The molecule has 9 nitrogen and oxygen atoms in total. The minimum atomic E-state index is -4.07. The van der Waals surface area contributed by atoms with Gasteiger partial charge in [0.2, 0.25) is 0 Å². The number of sulfonamides is 1. The first-order valence-corrected chi connectivity index (χ1v) is 10.9. The Balaban J connectivity index is 1.88. The molecular formula is C20H16ClN7O2S. The maximum Gasteiger partial charge on any atom is 0.273 e. The fourth-order valence-electron chi connectivity index (χ4n) is 3.22. The summed E-state index contributed by atoms with van der Waals surface area (Å²) in [4.78, 5) is 12.4. The monoisotopic (exact) mass is 453 g/mol. The molecule has 0 spiro atoms. The van der Waals surface area contributed by atoms with Crippen LogP contribution >= 0.6 is 11.6 Å². The van der Waals surface area contributed by atoms with Gasteiger partial charge in [-0.2, -0.15) is 5.26 Å². The minimum absolute atomic E-state index is 0.0162. The summed E-state index contributed by atoms with van der Waals surface area (Å²) >= 11 is 6.24. The molecule has 1 atom stereocenters. The average molecular weight is 454 g/mol. The standard InChI is InChI=1S/C20H16ClN7O2S/c1-12(26-19-14(10-22)18(23)24-11-25-19)20-27-16-9-5-8-15(21)17(16)31(29,30)28(20)13-6-3-2-4-7-13/h2-9,11-12H,1H3,(H3,23,24,25,26). The first-order valence-electron chi connectivity index (χ1n) is 9.09. The Morgan fingerprint density at radius 2 is 1.90 bits per heavy atom. The molecule has 0 aliphatic carbocycles. The molecule has 0 saturated carbocycles. The quantitative estimate of drug-likeness (QED) is 0.617. The van der Waals surface area contributed by atoms with E-state index in [1.54, 1.807) is 49.4 Å². The molecule has 1 aliphatic heterocycles. The molecule has 11 heteroatoms. The van der Waals surface area contributed by atoms with Gasteiger partial charge < -0.3 is 11.1 Å². The summed E-state index contributed by atoms with van der Waals surface area (Å²) in [6, 6.07) is 14.5. The minimum Gasteiger partial charge on any atom is -0.382 e. The molecule has 4 rings (SSSR count). The lowest BCUT2D eigenvalue weighted by Gasteiger charge is -2.33. The van der Waals surface area contributed by atoms with Crippen LogP contribution in [0.2, 0.25) is 5.02 Å². The van der Waals surface area contributed by atoms with Crippen LogP contribution in [0.25, 0.3) is 0 Å². The number of fused-ring (bicyclic) bond motifs is 1. The number of rotatable bonds is 4. The molecule has 2 heterocycles. The van der Waals surface area contributed by atoms with Gasteiger partial charge in [0, 0.05) is 0 Å². The van der Waals surface area contributed by atoms with Crippen molar-refractivity contribution in [2.75, 3.05) is 15.4 Å². The number of hydrogen-bond donors (Lipinski definition) is 2. The highest BCUT2D eigenvalue weighted by atomic mass is 35.5. The fraction of sp³-hybridized carbons (Fsp3) is 0.100. The number of nitrogen functional groups attached to an aromatic ring is 1. The van der Waals surface area contributed by atoms with Crippen molar-refractivity contribution in [3.63, 3.8) is 0 Å². The van der Waals surface area contributed by atoms with Crippen LogP contribution in [0.3, 0.4) is 0 Å². The molecular weight excluding hydrogens is 438 g/mol. The highest BCUT2D eigenvalue weighted by Crippen LogP contribution is 2.40. The van der Waals surface area contributed by atoms with E-state index in [9.17, 15) is 13.7 Å². The third-order valence-electron chi connectivity index (χ3n) is 4.61. The lowest BCUT2D eigenvalue weighted by molar-refractivity contribution is 0.596. The zero-order valence-electron chi connectivity index (χ0n) is 16.2. The molecule has 1 aromatic heterocycles. The fourth-order valence-corrected chi connectivity index (χ4v) is 5.40. The second-order valence-electron chi connectivity index (χ2n) is 6.62. The third kappa shape index (κ3) is 3.54. The van der Waals surface area contributed by atoms with Crippen LogP contribution in [0.1, 0.15) is 12.5 Å². The smallest absolute Gasteiger partial charge is 0.273 e. The number of halogens is 1. The summed E-state index contributed by atoms with van der Waals surface area (Å²) in [6.45, 7) is 1.71. The number of nitrogens with one attached hydrogen (secondary N) is 1. The van der Waals surface area contributed by atoms with E-state index in [2.05, 4.69) is 20.3 Å². The van der Waals surface area contributed by atoms with Gasteiger partial charge in [0.05, 0.1) is 22.4 Å². The zero-order valence-corrected chi connectivity index (χ0v) is 17.8. The first-order chi connectivity index (χ1) is 14.8. The predicted molar refractivity (Wildman–Crippen MR) is 119 cm³/mol. The van der Waals surface area contributed by atoms with Crippen molar-refractivity contribution in [1.29, 1.82) is 5.26 Å². The van der Waals surface area contributed by atoms with Crippen molar-refractivity contribution < 1.29 is 8.42 Å². The third-order valence-corrected chi connectivity index (χ3v) is 6.86. The number of nitrogens with zero attached hydrogens (tertiary/aromatic N) is 5. The predicted octanol–water partition coefficient (Wildman–Crippen LogP) is 3.32. The second kappa shape index (κ2) is 7.86. The summed E-state index contributed by atoms with van der Waals surface area (Å²) in [7, 11) is -4.07. The van der Waals surface area contributed by atoms with Gasteiger partial charge in [-0.25, -0.2) is 27.7 Å². The Morgan fingerprint density at radius 1 is 1.16 bits per heavy atom. The van der Waals surface area contributed by atoms with Gasteiger partial charge in [-0.15, -0.1) is 0 Å². The number of benzene rings is 2. The Labute approximate surface area is 183 Å². The van der Waals surface area contributed by atoms with E-state index in [0.717, 1.165) is 4.31 Å². The SMILES string of the molecule is CC(Nc1ncnc(N)c1C#N)C1=Nc2cccc(Cl)c2S(=O)(=O)N1c1ccccc1. The van der Waals surface area contributed by atoms with Gasteiger partial charge in [-0.1, -0.05) is 35.9 Å². The van der Waals surface area contributed by atoms with Crippen LogP contribution in [0.5, 0.6) is 0 Å². The summed E-state index contributed by atoms with van der Waals surface area (Å²) < 4.78 is 28.3. The number of anilines is 3. The summed E-state index contributed by atoms with van der Waals surface area (Å²) in [5.41, 5.74) is 6.44. The van der Waals surface area contributed by atoms with Crippen molar-refractivity contribution in [2.45, 2.75) is 17.9 Å². The molecule has 31 heavy (non-hydrogen) atoms. The number of hydrogen-bond acceptors (Lipinski definition) is 8. The Hall–Kier alpha value is -3.68. The van der Waals surface area contributed by atoms with E-state index in [1.807, 2.05) is 6.07 Å². The van der Waals surface area contributed by atoms with Gasteiger partial charge in [-0.05, 0) is 31.2 Å². The molecule has 156 valence electrons. The van der Waals surface area contributed by atoms with Crippen molar-refractivity contribution in [3.05, 3.63) is 65.4 Å². The largest absolute Gasteiger partial charge is 0.382 e. The molecule has 0 bridgehead atoms. The maximum atomic E-state index is 13.6. The topological polar surface area (TPSA) is 137 Å². The normalized spacial score (nSPS) is 15.4. The average Bonchev–Trinajstić information content (AvgIpc) is 2.73. The molecule has 0 radical (unpaired) electrons. The van der Waals surface area contributed by atoms with Crippen LogP contribution in [-0.4, -0.2) is 30.3 Å². The van der Waals surface area contributed by atoms with E-state index in [4.69, 9.17) is 17.3 Å².